The molecular formula is C15H19BF3NO3. The third-order valence-corrected chi connectivity index (χ3v) is 4.62. The first-order chi connectivity index (χ1) is 10.5. The van der Waals surface area contributed by atoms with E-state index in [0.717, 1.165) is 12.8 Å². The van der Waals surface area contributed by atoms with Crippen LogP contribution in [-0.2, 0) is 9.31 Å². The van der Waals surface area contributed by atoms with Gasteiger partial charge in [-0.15, -0.1) is 13.2 Å². The van der Waals surface area contributed by atoms with Crippen LogP contribution < -0.4 is 10.2 Å². The molecular weight excluding hydrogens is 310 g/mol. The maximum atomic E-state index is 12.6. The van der Waals surface area contributed by atoms with Crippen LogP contribution in [0.3, 0.4) is 0 Å². The van der Waals surface area contributed by atoms with Crippen LogP contribution in [0.5, 0.6) is 5.75 Å². The minimum atomic E-state index is -4.75. The van der Waals surface area contributed by atoms with Crippen molar-refractivity contribution in [2.75, 3.05) is 0 Å². The molecule has 1 aromatic rings. The van der Waals surface area contributed by atoms with Crippen LogP contribution in [0.2, 0.25) is 0 Å². The quantitative estimate of drug-likeness (QED) is 0.799. The lowest BCUT2D eigenvalue weighted by molar-refractivity contribution is -0.275. The van der Waals surface area contributed by atoms with Gasteiger partial charge in [0.05, 0.1) is 16.9 Å². The summed E-state index contributed by atoms with van der Waals surface area (Å²) in [7, 11) is -0.767. The Bertz CT molecular complexity index is 598. The summed E-state index contributed by atoms with van der Waals surface area (Å²) in [6, 6.07) is 1.33. The molecule has 0 atom stereocenters. The number of alkyl halides is 3. The van der Waals surface area contributed by atoms with Crippen molar-refractivity contribution in [2.45, 2.75) is 64.0 Å². The van der Waals surface area contributed by atoms with Gasteiger partial charge in [-0.1, -0.05) is 0 Å². The molecule has 4 nitrogen and oxygen atoms in total. The van der Waals surface area contributed by atoms with Crippen molar-refractivity contribution in [1.82, 2.24) is 4.98 Å². The highest BCUT2D eigenvalue weighted by Crippen LogP contribution is 2.44. The maximum Gasteiger partial charge on any atom is 0.573 e. The third-order valence-electron chi connectivity index (χ3n) is 4.62. The first kappa shape index (κ1) is 16.6. The second kappa shape index (κ2) is 5.11. The molecule has 0 amide bonds. The summed E-state index contributed by atoms with van der Waals surface area (Å²) in [6.45, 7) is 7.52. The fourth-order valence-electron chi connectivity index (χ4n) is 2.45. The summed E-state index contributed by atoms with van der Waals surface area (Å²) < 4.78 is 53.8. The van der Waals surface area contributed by atoms with E-state index in [1.165, 1.54) is 12.3 Å². The molecule has 1 aliphatic heterocycles. The van der Waals surface area contributed by atoms with Crippen molar-refractivity contribution in [1.29, 1.82) is 0 Å². The number of halogens is 3. The Morgan fingerprint density at radius 2 is 1.74 bits per heavy atom. The zero-order valence-electron chi connectivity index (χ0n) is 13.5. The minimum absolute atomic E-state index is 0.0414. The van der Waals surface area contributed by atoms with E-state index in [1.807, 2.05) is 27.7 Å². The number of aromatic nitrogens is 1. The van der Waals surface area contributed by atoms with Gasteiger partial charge in [-0.25, -0.2) is 0 Å². The molecule has 0 N–H and O–H groups in total. The number of hydrogen-bond acceptors (Lipinski definition) is 4. The number of hydrogen-bond donors (Lipinski definition) is 0. The first-order valence-electron chi connectivity index (χ1n) is 7.60. The van der Waals surface area contributed by atoms with E-state index in [0.29, 0.717) is 11.2 Å². The summed E-state index contributed by atoms with van der Waals surface area (Å²) >= 11 is 0. The molecule has 1 saturated heterocycles. The Morgan fingerprint density at radius 1 is 1.17 bits per heavy atom. The predicted octanol–water partition coefficient (Wildman–Crippen LogP) is 3.16. The van der Waals surface area contributed by atoms with Gasteiger partial charge in [0.1, 0.15) is 0 Å². The second-order valence-corrected chi connectivity index (χ2v) is 7.06. The van der Waals surface area contributed by atoms with Crippen LogP contribution in [0.15, 0.2) is 12.3 Å². The molecule has 0 unspecified atom stereocenters. The largest absolute Gasteiger partial charge is 0.573 e. The van der Waals surface area contributed by atoms with Crippen molar-refractivity contribution < 1.29 is 27.2 Å². The van der Waals surface area contributed by atoms with Crippen molar-refractivity contribution in [2.24, 2.45) is 0 Å². The zero-order chi connectivity index (χ0) is 17.0. The maximum absolute atomic E-state index is 12.6. The Hall–Kier alpha value is -1.28. The number of ether oxygens (including phenoxy) is 1. The molecule has 3 rings (SSSR count). The summed E-state index contributed by atoms with van der Waals surface area (Å²) in [5, 5.41) is 0. The molecule has 0 spiro atoms. The number of rotatable bonds is 3. The number of pyridine rings is 1. The highest BCUT2D eigenvalue weighted by Gasteiger charge is 2.52. The summed E-state index contributed by atoms with van der Waals surface area (Å²) in [6.07, 6.45) is -1.58. The lowest BCUT2D eigenvalue weighted by Gasteiger charge is -2.32. The molecule has 2 heterocycles. The molecule has 0 aromatic carbocycles. The van der Waals surface area contributed by atoms with Gasteiger partial charge in [-0.3, -0.25) is 4.98 Å². The van der Waals surface area contributed by atoms with Gasteiger partial charge in [0.15, 0.2) is 5.75 Å². The standard InChI is InChI=1S/C15H19BF3NO3/c1-13(2)14(3,4)23-16(22-13)10-7-11(21-15(17,18)19)12(20-8-10)9-5-6-9/h7-9H,5-6H2,1-4H3. The van der Waals surface area contributed by atoms with Crippen LogP contribution in [0.1, 0.15) is 52.1 Å². The average Bonchev–Trinajstić information content (AvgIpc) is 3.16. The molecule has 2 fully saturated rings. The van der Waals surface area contributed by atoms with Crippen molar-refractivity contribution in [3.8, 4) is 5.75 Å². The van der Waals surface area contributed by atoms with Gasteiger partial charge in [-0.2, -0.15) is 0 Å². The van der Waals surface area contributed by atoms with E-state index in [-0.39, 0.29) is 11.7 Å². The summed E-state index contributed by atoms with van der Waals surface area (Å²) in [5.74, 6) is -0.216. The molecule has 0 bridgehead atoms. The molecule has 0 radical (unpaired) electrons. The highest BCUT2D eigenvalue weighted by atomic mass is 19.4. The monoisotopic (exact) mass is 329 g/mol. The molecule has 1 aromatic heterocycles. The molecule has 1 aliphatic carbocycles. The van der Waals surface area contributed by atoms with E-state index in [1.54, 1.807) is 0 Å². The van der Waals surface area contributed by atoms with E-state index in [2.05, 4.69) is 9.72 Å². The summed E-state index contributed by atoms with van der Waals surface area (Å²) in [5.41, 5.74) is -0.370. The van der Waals surface area contributed by atoms with Crippen molar-refractivity contribution in [3.63, 3.8) is 0 Å². The van der Waals surface area contributed by atoms with Gasteiger partial charge >= 0.3 is 13.5 Å². The Kier molecular flexibility index (Phi) is 3.68. The minimum Gasteiger partial charge on any atom is -0.404 e. The van der Waals surface area contributed by atoms with E-state index < -0.39 is 24.7 Å². The van der Waals surface area contributed by atoms with Gasteiger partial charge in [-0.05, 0) is 46.6 Å². The SMILES string of the molecule is CC1(C)OB(c2cnc(C3CC3)c(OC(F)(F)F)c2)OC1(C)C. The Balaban J connectivity index is 1.91. The Labute approximate surface area is 133 Å². The van der Waals surface area contributed by atoms with Crippen LogP contribution >= 0.6 is 0 Å². The van der Waals surface area contributed by atoms with Crippen molar-refractivity contribution >= 4 is 12.6 Å². The Morgan fingerprint density at radius 3 is 2.22 bits per heavy atom. The van der Waals surface area contributed by atoms with Crippen LogP contribution in [0, 0.1) is 0 Å². The fourth-order valence-corrected chi connectivity index (χ4v) is 2.45. The average molecular weight is 329 g/mol. The van der Waals surface area contributed by atoms with Gasteiger partial charge in [0, 0.05) is 17.6 Å². The molecule has 1 saturated carbocycles. The lowest BCUT2D eigenvalue weighted by Crippen LogP contribution is -2.41. The summed E-state index contributed by atoms with van der Waals surface area (Å²) in [4.78, 5) is 4.18. The smallest absolute Gasteiger partial charge is 0.404 e. The highest BCUT2D eigenvalue weighted by molar-refractivity contribution is 6.62. The molecule has 23 heavy (non-hydrogen) atoms. The third kappa shape index (κ3) is 3.33. The second-order valence-electron chi connectivity index (χ2n) is 7.06. The normalized spacial score (nSPS) is 23.2. The van der Waals surface area contributed by atoms with E-state index in [4.69, 9.17) is 9.31 Å². The van der Waals surface area contributed by atoms with E-state index in [9.17, 15) is 13.2 Å². The number of nitrogens with zero attached hydrogens (tertiary/aromatic N) is 1. The van der Waals surface area contributed by atoms with Gasteiger partial charge < -0.3 is 14.0 Å². The van der Waals surface area contributed by atoms with Gasteiger partial charge in [0.2, 0.25) is 0 Å². The first-order valence-corrected chi connectivity index (χ1v) is 7.60. The zero-order valence-corrected chi connectivity index (χ0v) is 13.5. The van der Waals surface area contributed by atoms with E-state index >= 15 is 0 Å². The van der Waals surface area contributed by atoms with Crippen molar-refractivity contribution in [3.05, 3.63) is 18.0 Å². The van der Waals surface area contributed by atoms with Crippen LogP contribution in [-0.4, -0.2) is 29.7 Å². The molecule has 2 aliphatic rings. The molecule has 8 heteroatoms. The van der Waals surface area contributed by atoms with Gasteiger partial charge in [0.25, 0.3) is 0 Å². The predicted molar refractivity (Wildman–Crippen MR) is 78.6 cm³/mol. The molecule has 126 valence electrons. The fraction of sp³-hybridized carbons (Fsp3) is 0.667. The van der Waals surface area contributed by atoms with Crippen LogP contribution in [0.4, 0.5) is 13.2 Å². The lowest BCUT2D eigenvalue weighted by atomic mass is 9.80. The van der Waals surface area contributed by atoms with Crippen LogP contribution in [0.25, 0.3) is 0 Å². The topological polar surface area (TPSA) is 40.6 Å².